The van der Waals surface area contributed by atoms with Crippen LogP contribution in [0.3, 0.4) is 0 Å². The van der Waals surface area contributed by atoms with E-state index in [1.54, 1.807) is 0 Å². The van der Waals surface area contributed by atoms with E-state index in [1.165, 1.54) is 0 Å². The number of benzene rings is 2. The molecule has 0 bridgehead atoms. The maximum Gasteiger partial charge on any atom is 0.0471 e. The van der Waals surface area contributed by atoms with Gasteiger partial charge in [-0.05, 0) is 29.7 Å². The molecular weight excluding hydrogens is 198 g/mol. The minimum Gasteiger partial charge on any atom is -0.398 e. The Labute approximate surface area is 95.4 Å². The lowest BCUT2D eigenvalue weighted by atomic mass is 10.00. The molecule has 0 aliphatic heterocycles. The molecule has 2 aromatic rings. The first-order valence-electron chi connectivity index (χ1n) is 5.36. The normalized spacial score (nSPS) is 10.3. The summed E-state index contributed by atoms with van der Waals surface area (Å²) in [5.74, 6) is 0. The lowest BCUT2D eigenvalue weighted by Crippen LogP contribution is -1.95. The van der Waals surface area contributed by atoms with Crippen LogP contribution in [0.15, 0.2) is 48.5 Å². The van der Waals surface area contributed by atoms with Gasteiger partial charge in [-0.15, -0.1) is 0 Å². The molecule has 0 radical (unpaired) electrons. The van der Waals surface area contributed by atoms with Crippen LogP contribution in [0.4, 0.5) is 5.69 Å². The second-order valence-corrected chi connectivity index (χ2v) is 3.76. The Bertz CT molecular complexity index is 465. The highest BCUT2D eigenvalue weighted by atomic mass is 16.2. The first-order chi connectivity index (χ1) is 7.81. The highest BCUT2D eigenvalue weighted by Gasteiger charge is 2.03. The average molecular weight is 213 g/mol. The van der Waals surface area contributed by atoms with Crippen LogP contribution in [0.25, 0.3) is 11.1 Å². The number of rotatable bonds is 3. The van der Waals surface area contributed by atoms with E-state index in [-0.39, 0.29) is 6.61 Å². The molecule has 2 heteroatoms. The van der Waals surface area contributed by atoms with Crippen LogP contribution < -0.4 is 5.73 Å². The molecule has 0 saturated heterocycles. The van der Waals surface area contributed by atoms with E-state index in [4.69, 9.17) is 10.8 Å². The number of anilines is 1. The molecule has 0 heterocycles. The van der Waals surface area contributed by atoms with Crippen molar-refractivity contribution in [2.24, 2.45) is 0 Å². The zero-order valence-corrected chi connectivity index (χ0v) is 9.06. The van der Waals surface area contributed by atoms with Gasteiger partial charge in [0.15, 0.2) is 0 Å². The Morgan fingerprint density at radius 3 is 2.44 bits per heavy atom. The summed E-state index contributed by atoms with van der Waals surface area (Å²) in [5.41, 5.74) is 9.98. The smallest absolute Gasteiger partial charge is 0.0471 e. The Balaban J connectivity index is 2.43. The Morgan fingerprint density at radius 2 is 1.75 bits per heavy atom. The topological polar surface area (TPSA) is 46.2 Å². The van der Waals surface area contributed by atoms with E-state index in [0.29, 0.717) is 6.42 Å². The van der Waals surface area contributed by atoms with Crippen molar-refractivity contribution in [3.63, 3.8) is 0 Å². The molecule has 0 amide bonds. The molecule has 82 valence electrons. The summed E-state index contributed by atoms with van der Waals surface area (Å²) in [5, 5.41) is 8.92. The molecule has 0 spiro atoms. The lowest BCUT2D eigenvalue weighted by Gasteiger charge is -2.08. The van der Waals surface area contributed by atoms with Crippen LogP contribution in [-0.2, 0) is 6.42 Å². The number of nitrogens with two attached hydrogens (primary N) is 1. The second-order valence-electron chi connectivity index (χ2n) is 3.76. The van der Waals surface area contributed by atoms with E-state index < -0.39 is 0 Å². The summed E-state index contributed by atoms with van der Waals surface area (Å²) in [4.78, 5) is 0. The van der Waals surface area contributed by atoms with Crippen LogP contribution in [0.2, 0.25) is 0 Å². The van der Waals surface area contributed by atoms with Crippen LogP contribution in [0, 0.1) is 0 Å². The molecule has 0 aliphatic carbocycles. The van der Waals surface area contributed by atoms with Crippen LogP contribution >= 0.6 is 0 Å². The maximum atomic E-state index is 8.92. The van der Waals surface area contributed by atoms with Gasteiger partial charge in [-0.25, -0.2) is 0 Å². The van der Waals surface area contributed by atoms with Crippen molar-refractivity contribution >= 4 is 5.69 Å². The lowest BCUT2D eigenvalue weighted by molar-refractivity contribution is 0.299. The van der Waals surface area contributed by atoms with Crippen LogP contribution in [0.5, 0.6) is 0 Å². The van der Waals surface area contributed by atoms with Crippen molar-refractivity contribution in [3.8, 4) is 11.1 Å². The maximum absolute atomic E-state index is 8.92. The van der Waals surface area contributed by atoms with Gasteiger partial charge in [-0.3, -0.25) is 0 Å². The summed E-state index contributed by atoms with van der Waals surface area (Å²) in [6.07, 6.45) is 0.667. The second kappa shape index (κ2) is 4.81. The summed E-state index contributed by atoms with van der Waals surface area (Å²) in [6, 6.07) is 15.9. The number of hydrogen-bond donors (Lipinski definition) is 2. The number of aliphatic hydroxyl groups excluding tert-OH is 1. The Morgan fingerprint density at radius 1 is 1.00 bits per heavy atom. The summed E-state index contributed by atoms with van der Waals surface area (Å²) < 4.78 is 0. The largest absolute Gasteiger partial charge is 0.398 e. The van der Waals surface area contributed by atoms with E-state index in [2.05, 4.69) is 0 Å². The van der Waals surface area contributed by atoms with Crippen molar-refractivity contribution in [2.75, 3.05) is 12.3 Å². The molecule has 2 rings (SSSR count). The van der Waals surface area contributed by atoms with Crippen molar-refractivity contribution in [1.82, 2.24) is 0 Å². The fourth-order valence-electron chi connectivity index (χ4n) is 1.76. The van der Waals surface area contributed by atoms with Gasteiger partial charge in [0.2, 0.25) is 0 Å². The van der Waals surface area contributed by atoms with Crippen molar-refractivity contribution in [3.05, 3.63) is 54.1 Å². The van der Waals surface area contributed by atoms with E-state index in [9.17, 15) is 0 Å². The van der Waals surface area contributed by atoms with Gasteiger partial charge in [0.05, 0.1) is 0 Å². The minimum absolute atomic E-state index is 0.165. The summed E-state index contributed by atoms with van der Waals surface area (Å²) in [7, 11) is 0. The predicted molar refractivity (Wildman–Crippen MR) is 67.1 cm³/mol. The predicted octanol–water partition coefficient (Wildman–Crippen LogP) is 2.47. The number of aliphatic hydroxyl groups is 1. The summed E-state index contributed by atoms with van der Waals surface area (Å²) in [6.45, 7) is 0.165. The molecule has 16 heavy (non-hydrogen) atoms. The first-order valence-corrected chi connectivity index (χ1v) is 5.36. The van der Waals surface area contributed by atoms with Crippen LogP contribution in [-0.4, -0.2) is 11.7 Å². The molecule has 0 atom stereocenters. The molecular formula is C14H15NO. The fourth-order valence-corrected chi connectivity index (χ4v) is 1.76. The molecule has 0 aromatic heterocycles. The average Bonchev–Trinajstić information content (AvgIpc) is 2.33. The van der Waals surface area contributed by atoms with Crippen molar-refractivity contribution < 1.29 is 5.11 Å². The third kappa shape index (κ3) is 2.23. The molecule has 0 fully saturated rings. The standard InChI is InChI=1S/C14H15NO/c15-14-7-6-11(8-9-16)10-13(14)12-4-2-1-3-5-12/h1-7,10,16H,8-9,15H2. The van der Waals surface area contributed by atoms with Gasteiger partial charge in [0.1, 0.15) is 0 Å². The quantitative estimate of drug-likeness (QED) is 0.769. The minimum atomic E-state index is 0.165. The third-order valence-electron chi connectivity index (χ3n) is 2.60. The van der Waals surface area contributed by atoms with Crippen LogP contribution in [0.1, 0.15) is 5.56 Å². The van der Waals surface area contributed by atoms with E-state index >= 15 is 0 Å². The number of hydrogen-bond acceptors (Lipinski definition) is 2. The molecule has 3 N–H and O–H groups in total. The highest BCUT2D eigenvalue weighted by Crippen LogP contribution is 2.26. The van der Waals surface area contributed by atoms with Gasteiger partial charge in [-0.2, -0.15) is 0 Å². The molecule has 0 aliphatic rings. The van der Waals surface area contributed by atoms with Gasteiger partial charge >= 0.3 is 0 Å². The molecule has 2 nitrogen and oxygen atoms in total. The summed E-state index contributed by atoms with van der Waals surface area (Å²) >= 11 is 0. The zero-order chi connectivity index (χ0) is 11.4. The zero-order valence-electron chi connectivity index (χ0n) is 9.06. The van der Waals surface area contributed by atoms with E-state index in [0.717, 1.165) is 22.4 Å². The van der Waals surface area contributed by atoms with E-state index in [1.807, 2.05) is 48.5 Å². The monoisotopic (exact) mass is 213 g/mol. The first kappa shape index (κ1) is 10.7. The van der Waals surface area contributed by atoms with Gasteiger partial charge in [-0.1, -0.05) is 36.4 Å². The highest BCUT2D eigenvalue weighted by molar-refractivity contribution is 5.76. The molecule has 2 aromatic carbocycles. The molecule has 0 unspecified atom stereocenters. The number of nitrogen functional groups attached to an aromatic ring is 1. The fraction of sp³-hybridized carbons (Fsp3) is 0.143. The van der Waals surface area contributed by atoms with Gasteiger partial charge in [0.25, 0.3) is 0 Å². The Kier molecular flexibility index (Phi) is 3.22. The third-order valence-corrected chi connectivity index (χ3v) is 2.60. The van der Waals surface area contributed by atoms with Crippen molar-refractivity contribution in [2.45, 2.75) is 6.42 Å². The van der Waals surface area contributed by atoms with Gasteiger partial charge < -0.3 is 10.8 Å². The SMILES string of the molecule is Nc1ccc(CCO)cc1-c1ccccc1. The van der Waals surface area contributed by atoms with Gasteiger partial charge in [0, 0.05) is 17.9 Å². The Hall–Kier alpha value is -1.80. The van der Waals surface area contributed by atoms with Crippen molar-refractivity contribution in [1.29, 1.82) is 0 Å². The molecule has 0 saturated carbocycles.